The Hall–Kier alpha value is -2.08. The van der Waals surface area contributed by atoms with Crippen LogP contribution in [-0.2, 0) is 7.05 Å². The van der Waals surface area contributed by atoms with Gasteiger partial charge in [0.2, 0.25) is 0 Å². The summed E-state index contributed by atoms with van der Waals surface area (Å²) in [5.41, 5.74) is 2.82. The van der Waals surface area contributed by atoms with E-state index in [1.807, 2.05) is 20.9 Å². The maximum atomic E-state index is 12.8. The van der Waals surface area contributed by atoms with Crippen LogP contribution in [0.5, 0.6) is 0 Å². The van der Waals surface area contributed by atoms with Gasteiger partial charge in [-0.05, 0) is 58.7 Å². The zero-order chi connectivity index (χ0) is 18.1. The molecule has 1 fully saturated rings. The van der Waals surface area contributed by atoms with Crippen LogP contribution < -0.4 is 5.32 Å². The minimum atomic E-state index is -0.0430. The number of carbonyl (C=O) groups is 1. The molecule has 6 heteroatoms. The lowest BCUT2D eigenvalue weighted by molar-refractivity contribution is 0.0947. The number of nitrogens with zero attached hydrogens (tertiary/aromatic N) is 4. The van der Waals surface area contributed by atoms with Crippen molar-refractivity contribution in [2.45, 2.75) is 40.2 Å². The van der Waals surface area contributed by atoms with Gasteiger partial charge >= 0.3 is 0 Å². The van der Waals surface area contributed by atoms with Gasteiger partial charge in [-0.2, -0.15) is 5.10 Å². The molecule has 1 amide bonds. The summed E-state index contributed by atoms with van der Waals surface area (Å²) >= 11 is 0. The highest BCUT2D eigenvalue weighted by Gasteiger charge is 2.25. The van der Waals surface area contributed by atoms with Crippen molar-refractivity contribution in [3.8, 4) is 5.82 Å². The van der Waals surface area contributed by atoms with Crippen LogP contribution in [0.1, 0.15) is 42.0 Å². The summed E-state index contributed by atoms with van der Waals surface area (Å²) in [5.74, 6) is 1.31. The summed E-state index contributed by atoms with van der Waals surface area (Å²) in [5, 5.41) is 7.44. The van der Waals surface area contributed by atoms with E-state index in [2.05, 4.69) is 45.9 Å². The van der Waals surface area contributed by atoms with Gasteiger partial charge in [-0.15, -0.1) is 0 Å². The van der Waals surface area contributed by atoms with E-state index in [-0.39, 0.29) is 5.91 Å². The molecular weight excluding hydrogens is 314 g/mol. The molecule has 136 valence electrons. The van der Waals surface area contributed by atoms with E-state index < -0.39 is 0 Å². The number of likely N-dealkylation sites (tertiary alicyclic amines) is 1. The summed E-state index contributed by atoms with van der Waals surface area (Å²) in [6.45, 7) is 11.4. The smallest absolute Gasteiger partial charge is 0.256 e. The third-order valence-electron chi connectivity index (χ3n) is 5.23. The lowest BCUT2D eigenvalue weighted by atomic mass is 10.1. The maximum Gasteiger partial charge on any atom is 0.256 e. The Kier molecular flexibility index (Phi) is 4.99. The van der Waals surface area contributed by atoms with Crippen LogP contribution in [0.4, 0.5) is 0 Å². The Morgan fingerprint density at radius 2 is 2.00 bits per heavy atom. The molecule has 1 atom stereocenters. The Labute approximate surface area is 149 Å². The SMILES string of the molecule is Cc1ccc(C)n1-c1c(C(=O)NC[C@H]2CCN(C(C)C)C2)cnn1C. The molecule has 1 aliphatic rings. The molecular formula is C19H29N5O. The minimum absolute atomic E-state index is 0.0430. The zero-order valence-electron chi connectivity index (χ0n) is 15.9. The van der Waals surface area contributed by atoms with Gasteiger partial charge in [0.25, 0.3) is 5.91 Å². The van der Waals surface area contributed by atoms with Gasteiger partial charge in [0, 0.05) is 37.6 Å². The van der Waals surface area contributed by atoms with E-state index in [9.17, 15) is 4.79 Å². The molecule has 0 radical (unpaired) electrons. The predicted molar refractivity (Wildman–Crippen MR) is 99.2 cm³/mol. The molecule has 25 heavy (non-hydrogen) atoms. The van der Waals surface area contributed by atoms with E-state index in [0.717, 1.165) is 43.3 Å². The molecule has 0 bridgehead atoms. The van der Waals surface area contributed by atoms with Crippen molar-refractivity contribution in [3.63, 3.8) is 0 Å². The second kappa shape index (κ2) is 7.04. The first-order valence-electron chi connectivity index (χ1n) is 9.08. The van der Waals surface area contributed by atoms with Gasteiger partial charge in [0.05, 0.1) is 6.20 Å². The van der Waals surface area contributed by atoms with E-state index in [1.165, 1.54) is 0 Å². The molecule has 6 nitrogen and oxygen atoms in total. The van der Waals surface area contributed by atoms with Crippen molar-refractivity contribution in [3.05, 3.63) is 35.3 Å². The molecule has 0 unspecified atom stereocenters. The number of hydrogen-bond acceptors (Lipinski definition) is 3. The molecule has 0 aromatic carbocycles. The highest BCUT2D eigenvalue weighted by Crippen LogP contribution is 2.21. The molecule has 0 spiro atoms. The van der Waals surface area contributed by atoms with E-state index >= 15 is 0 Å². The van der Waals surface area contributed by atoms with Gasteiger partial charge < -0.3 is 14.8 Å². The second-order valence-corrected chi connectivity index (χ2v) is 7.41. The van der Waals surface area contributed by atoms with Crippen molar-refractivity contribution in [2.24, 2.45) is 13.0 Å². The van der Waals surface area contributed by atoms with Gasteiger partial charge in [0.1, 0.15) is 11.4 Å². The Morgan fingerprint density at radius 1 is 1.32 bits per heavy atom. The minimum Gasteiger partial charge on any atom is -0.352 e. The number of aryl methyl sites for hydroxylation is 3. The average molecular weight is 343 g/mol. The van der Waals surface area contributed by atoms with Crippen LogP contribution in [0.25, 0.3) is 5.82 Å². The summed E-state index contributed by atoms with van der Waals surface area (Å²) < 4.78 is 3.85. The van der Waals surface area contributed by atoms with Crippen LogP contribution in [0, 0.1) is 19.8 Å². The molecule has 1 aliphatic heterocycles. The van der Waals surface area contributed by atoms with Crippen LogP contribution in [0.3, 0.4) is 0 Å². The zero-order valence-corrected chi connectivity index (χ0v) is 15.9. The molecule has 3 rings (SSSR count). The van der Waals surface area contributed by atoms with E-state index in [0.29, 0.717) is 17.5 Å². The quantitative estimate of drug-likeness (QED) is 0.906. The van der Waals surface area contributed by atoms with Crippen LogP contribution >= 0.6 is 0 Å². The molecule has 2 aromatic rings. The monoisotopic (exact) mass is 343 g/mol. The normalized spacial score (nSPS) is 18.2. The largest absolute Gasteiger partial charge is 0.352 e. The first kappa shape index (κ1) is 17.7. The van der Waals surface area contributed by atoms with Gasteiger partial charge in [-0.1, -0.05) is 0 Å². The summed E-state index contributed by atoms with van der Waals surface area (Å²) in [7, 11) is 1.88. The first-order chi connectivity index (χ1) is 11.9. The van der Waals surface area contributed by atoms with Crippen molar-refractivity contribution < 1.29 is 4.79 Å². The van der Waals surface area contributed by atoms with Crippen molar-refractivity contribution >= 4 is 5.91 Å². The number of carbonyl (C=O) groups excluding carboxylic acids is 1. The van der Waals surface area contributed by atoms with Gasteiger partial charge in [0.15, 0.2) is 0 Å². The van der Waals surface area contributed by atoms with E-state index in [1.54, 1.807) is 10.9 Å². The van der Waals surface area contributed by atoms with Crippen molar-refractivity contribution in [1.29, 1.82) is 0 Å². The summed E-state index contributed by atoms with van der Waals surface area (Å²) in [6.07, 6.45) is 2.81. The van der Waals surface area contributed by atoms with Gasteiger partial charge in [-0.3, -0.25) is 9.48 Å². The molecule has 0 saturated carbocycles. The molecule has 1 saturated heterocycles. The number of nitrogens with one attached hydrogen (secondary N) is 1. The predicted octanol–water partition coefficient (Wildman–Crippen LogP) is 2.29. The maximum absolute atomic E-state index is 12.8. The first-order valence-corrected chi connectivity index (χ1v) is 9.08. The Morgan fingerprint density at radius 3 is 2.60 bits per heavy atom. The number of amides is 1. The Balaban J connectivity index is 1.72. The molecule has 2 aromatic heterocycles. The fourth-order valence-corrected chi connectivity index (χ4v) is 3.69. The lowest BCUT2D eigenvalue weighted by Gasteiger charge is -2.20. The number of aromatic nitrogens is 3. The second-order valence-electron chi connectivity index (χ2n) is 7.41. The van der Waals surface area contributed by atoms with Crippen LogP contribution in [-0.4, -0.2) is 50.8 Å². The van der Waals surface area contributed by atoms with Crippen molar-refractivity contribution in [2.75, 3.05) is 19.6 Å². The number of hydrogen-bond donors (Lipinski definition) is 1. The number of rotatable bonds is 5. The van der Waals surface area contributed by atoms with Gasteiger partial charge in [-0.25, -0.2) is 0 Å². The standard InChI is InChI=1S/C19H29N5O/c1-13(2)23-9-8-16(12-23)10-20-18(25)17-11-21-22(5)19(17)24-14(3)6-7-15(24)4/h6-7,11,13,16H,8-10,12H2,1-5H3,(H,20,25)/t16-/m1/s1. The molecule has 0 aliphatic carbocycles. The van der Waals surface area contributed by atoms with E-state index in [4.69, 9.17) is 0 Å². The average Bonchev–Trinajstić information content (AvgIpc) is 3.25. The van der Waals surface area contributed by atoms with Crippen molar-refractivity contribution in [1.82, 2.24) is 24.6 Å². The third kappa shape index (κ3) is 3.49. The highest BCUT2D eigenvalue weighted by atomic mass is 16.1. The third-order valence-corrected chi connectivity index (χ3v) is 5.23. The topological polar surface area (TPSA) is 55.1 Å². The summed E-state index contributed by atoms with van der Waals surface area (Å²) in [6, 6.07) is 4.69. The molecule has 1 N–H and O–H groups in total. The highest BCUT2D eigenvalue weighted by molar-refractivity contribution is 5.97. The fourth-order valence-electron chi connectivity index (χ4n) is 3.69. The Bertz CT molecular complexity index is 738. The molecule has 3 heterocycles. The van der Waals surface area contributed by atoms with Crippen LogP contribution in [0.2, 0.25) is 0 Å². The fraction of sp³-hybridized carbons (Fsp3) is 0.579. The lowest BCUT2D eigenvalue weighted by Crippen LogP contribution is -2.33. The summed E-state index contributed by atoms with van der Waals surface area (Å²) in [4.78, 5) is 15.2. The van der Waals surface area contributed by atoms with Crippen LogP contribution in [0.15, 0.2) is 18.3 Å².